The summed E-state index contributed by atoms with van der Waals surface area (Å²) in [6.07, 6.45) is 5.86. The number of pyridine rings is 1. The molecule has 0 radical (unpaired) electrons. The van der Waals surface area contributed by atoms with Crippen molar-refractivity contribution in [3.05, 3.63) is 59.2 Å². The molecule has 6 rings (SSSR count). The van der Waals surface area contributed by atoms with E-state index in [1.165, 1.54) is 30.4 Å². The lowest BCUT2D eigenvalue weighted by Crippen LogP contribution is -2.38. The molecule has 3 aromatic rings. The summed E-state index contributed by atoms with van der Waals surface area (Å²) < 4.78 is 11.0. The molecular formula is C28H31N3O3. The summed E-state index contributed by atoms with van der Waals surface area (Å²) in [6, 6.07) is 14.4. The first-order valence-corrected chi connectivity index (χ1v) is 12.3. The van der Waals surface area contributed by atoms with E-state index in [9.17, 15) is 4.79 Å². The van der Waals surface area contributed by atoms with Gasteiger partial charge in [-0.05, 0) is 72.9 Å². The lowest BCUT2D eigenvalue weighted by atomic mass is 9.95. The van der Waals surface area contributed by atoms with E-state index in [2.05, 4.69) is 22.3 Å². The number of ether oxygens (including phenoxy) is 2. The molecule has 2 heterocycles. The Kier molecular flexibility index (Phi) is 5.31. The van der Waals surface area contributed by atoms with Gasteiger partial charge in [0.25, 0.3) is 5.91 Å². The molecule has 3 atom stereocenters. The van der Waals surface area contributed by atoms with Crippen LogP contribution in [0.2, 0.25) is 0 Å². The van der Waals surface area contributed by atoms with Crippen LogP contribution >= 0.6 is 0 Å². The van der Waals surface area contributed by atoms with Crippen molar-refractivity contribution < 1.29 is 14.3 Å². The Balaban J connectivity index is 1.32. The van der Waals surface area contributed by atoms with Gasteiger partial charge in [0.05, 0.1) is 25.3 Å². The number of methoxy groups -OCH3 is 2. The van der Waals surface area contributed by atoms with Gasteiger partial charge in [0.15, 0.2) is 11.5 Å². The predicted molar refractivity (Wildman–Crippen MR) is 133 cm³/mol. The molecule has 2 aliphatic carbocycles. The number of hydrogen-bond donors (Lipinski definition) is 1. The Morgan fingerprint density at radius 3 is 2.56 bits per heavy atom. The van der Waals surface area contributed by atoms with Crippen molar-refractivity contribution in [2.45, 2.75) is 44.7 Å². The monoisotopic (exact) mass is 457 g/mol. The number of benzene rings is 2. The molecule has 34 heavy (non-hydrogen) atoms. The van der Waals surface area contributed by atoms with Crippen molar-refractivity contribution in [1.29, 1.82) is 0 Å². The molecule has 2 bridgehead atoms. The summed E-state index contributed by atoms with van der Waals surface area (Å²) in [4.78, 5) is 20.7. The number of para-hydroxylation sites is 1. The molecule has 6 nitrogen and oxygen atoms in total. The van der Waals surface area contributed by atoms with Crippen LogP contribution in [0.1, 0.15) is 47.2 Å². The van der Waals surface area contributed by atoms with Crippen LogP contribution in [0.4, 0.5) is 5.82 Å². The summed E-state index contributed by atoms with van der Waals surface area (Å²) in [5.74, 6) is 3.81. The van der Waals surface area contributed by atoms with E-state index >= 15 is 0 Å². The molecule has 1 aromatic heterocycles. The minimum absolute atomic E-state index is 0.0289. The maximum atomic E-state index is 13.5. The van der Waals surface area contributed by atoms with Crippen molar-refractivity contribution >= 4 is 22.6 Å². The number of aromatic nitrogens is 1. The molecule has 1 aliphatic heterocycles. The first-order valence-electron chi connectivity index (χ1n) is 12.3. The molecule has 1 N–H and O–H groups in total. The highest BCUT2D eigenvalue weighted by molar-refractivity contribution is 6.07. The molecule has 0 spiro atoms. The van der Waals surface area contributed by atoms with Gasteiger partial charge in [-0.25, -0.2) is 4.98 Å². The Bertz CT molecular complexity index is 1260. The van der Waals surface area contributed by atoms with E-state index in [-0.39, 0.29) is 5.91 Å². The fourth-order valence-electron chi connectivity index (χ4n) is 6.26. The summed E-state index contributed by atoms with van der Waals surface area (Å²) >= 11 is 0. The number of anilines is 1. The SMILES string of the molecule is COc1cc2c(cc1OC)CN(c1cc(C(=O)N[C@@H]3C[C@H]4CC[C@@H]3C4)c3ccccc3n1)CC2. The minimum Gasteiger partial charge on any atom is -0.493 e. The maximum Gasteiger partial charge on any atom is 0.252 e. The topological polar surface area (TPSA) is 63.7 Å². The third-order valence-corrected chi connectivity index (χ3v) is 8.04. The summed E-state index contributed by atoms with van der Waals surface area (Å²) in [5.41, 5.74) is 4.05. The largest absolute Gasteiger partial charge is 0.493 e. The first kappa shape index (κ1) is 21.3. The highest BCUT2D eigenvalue weighted by Gasteiger charge is 2.40. The lowest BCUT2D eigenvalue weighted by molar-refractivity contribution is 0.0924. The minimum atomic E-state index is 0.0289. The average Bonchev–Trinajstić information content (AvgIpc) is 3.50. The molecule has 1 amide bonds. The van der Waals surface area contributed by atoms with Crippen LogP contribution in [0.3, 0.4) is 0 Å². The van der Waals surface area contributed by atoms with E-state index in [4.69, 9.17) is 14.5 Å². The highest BCUT2D eigenvalue weighted by Crippen LogP contribution is 2.44. The summed E-state index contributed by atoms with van der Waals surface area (Å²) in [7, 11) is 3.33. The number of nitrogens with zero attached hydrogens (tertiary/aromatic N) is 2. The number of nitrogens with one attached hydrogen (secondary N) is 1. The fourth-order valence-corrected chi connectivity index (χ4v) is 6.26. The number of rotatable bonds is 5. The molecule has 3 aliphatic rings. The number of hydrogen-bond acceptors (Lipinski definition) is 5. The highest BCUT2D eigenvalue weighted by atomic mass is 16.5. The zero-order valence-electron chi connectivity index (χ0n) is 19.8. The van der Waals surface area contributed by atoms with Crippen molar-refractivity contribution in [2.75, 3.05) is 25.7 Å². The van der Waals surface area contributed by atoms with Gasteiger partial charge >= 0.3 is 0 Å². The van der Waals surface area contributed by atoms with Gasteiger partial charge in [0.2, 0.25) is 0 Å². The van der Waals surface area contributed by atoms with E-state index in [0.29, 0.717) is 18.5 Å². The van der Waals surface area contributed by atoms with Crippen LogP contribution in [-0.4, -0.2) is 37.7 Å². The first-order chi connectivity index (χ1) is 16.6. The van der Waals surface area contributed by atoms with Gasteiger partial charge in [-0.1, -0.05) is 24.6 Å². The normalized spacial score (nSPS) is 23.1. The van der Waals surface area contributed by atoms with Gasteiger partial charge in [0.1, 0.15) is 5.82 Å². The number of carbonyl (C=O) groups excluding carboxylic acids is 1. The van der Waals surface area contributed by atoms with Gasteiger partial charge in [-0.15, -0.1) is 0 Å². The summed E-state index contributed by atoms with van der Waals surface area (Å²) in [6.45, 7) is 1.55. The second-order valence-corrected chi connectivity index (χ2v) is 9.95. The fraction of sp³-hybridized carbons (Fsp3) is 0.429. The number of fused-ring (bicyclic) bond motifs is 4. The van der Waals surface area contributed by atoms with Crippen molar-refractivity contribution in [2.24, 2.45) is 11.8 Å². The van der Waals surface area contributed by atoms with Gasteiger partial charge in [-0.3, -0.25) is 4.79 Å². The van der Waals surface area contributed by atoms with Crippen LogP contribution in [-0.2, 0) is 13.0 Å². The Labute approximate surface area is 200 Å². The molecule has 0 saturated heterocycles. The quantitative estimate of drug-likeness (QED) is 0.600. The maximum absolute atomic E-state index is 13.5. The van der Waals surface area contributed by atoms with Crippen LogP contribution in [0, 0.1) is 11.8 Å². The van der Waals surface area contributed by atoms with Crippen molar-refractivity contribution in [1.82, 2.24) is 10.3 Å². The van der Waals surface area contributed by atoms with Crippen LogP contribution < -0.4 is 19.7 Å². The van der Waals surface area contributed by atoms with Crippen LogP contribution in [0.25, 0.3) is 10.9 Å². The zero-order valence-corrected chi connectivity index (χ0v) is 19.8. The van der Waals surface area contributed by atoms with Crippen molar-refractivity contribution in [3.8, 4) is 11.5 Å². The van der Waals surface area contributed by atoms with Gasteiger partial charge in [0, 0.05) is 24.5 Å². The van der Waals surface area contributed by atoms with E-state index in [1.54, 1.807) is 14.2 Å². The summed E-state index contributed by atoms with van der Waals surface area (Å²) in [5, 5.41) is 4.29. The third-order valence-electron chi connectivity index (χ3n) is 8.04. The molecule has 2 saturated carbocycles. The predicted octanol–water partition coefficient (Wildman–Crippen LogP) is 4.73. The number of amides is 1. The lowest BCUT2D eigenvalue weighted by Gasteiger charge is -2.31. The molecule has 2 aromatic carbocycles. The van der Waals surface area contributed by atoms with Crippen LogP contribution in [0.15, 0.2) is 42.5 Å². The molecule has 176 valence electrons. The van der Waals surface area contributed by atoms with E-state index in [1.807, 2.05) is 30.3 Å². The Morgan fingerprint density at radius 2 is 1.82 bits per heavy atom. The number of carbonyl (C=O) groups is 1. The van der Waals surface area contributed by atoms with Crippen molar-refractivity contribution in [3.63, 3.8) is 0 Å². The standard InChI is InChI=1S/C28H31N3O3/c1-33-25-13-18-9-10-31(16-20(18)14-26(25)34-2)27-15-22(21-5-3-4-6-23(21)29-27)28(32)30-24-12-17-7-8-19(24)11-17/h3-6,13-15,17,19,24H,7-12,16H2,1-2H3,(H,30,32)/t17-,19+,24+/m0/s1. The third kappa shape index (κ3) is 3.65. The zero-order chi connectivity index (χ0) is 23.2. The van der Waals surface area contributed by atoms with Gasteiger partial charge in [-0.2, -0.15) is 0 Å². The second kappa shape index (κ2) is 8.49. The van der Waals surface area contributed by atoms with Crippen LogP contribution in [0.5, 0.6) is 11.5 Å². The Hall–Kier alpha value is -3.28. The molecular weight excluding hydrogens is 426 g/mol. The smallest absolute Gasteiger partial charge is 0.252 e. The second-order valence-electron chi connectivity index (χ2n) is 9.95. The average molecular weight is 458 g/mol. The van der Waals surface area contributed by atoms with E-state index < -0.39 is 0 Å². The Morgan fingerprint density at radius 1 is 1.03 bits per heavy atom. The molecule has 0 unspecified atom stereocenters. The molecule has 2 fully saturated rings. The molecule has 6 heteroatoms. The van der Waals surface area contributed by atoms with Gasteiger partial charge < -0.3 is 19.7 Å². The van der Waals surface area contributed by atoms with E-state index in [0.717, 1.165) is 59.1 Å².